The molecule has 0 aromatic heterocycles. The third-order valence-electron chi connectivity index (χ3n) is 1.79. The van der Waals surface area contributed by atoms with E-state index in [9.17, 15) is 9.59 Å². The number of carbonyl (C=O) groups is 2. The van der Waals surface area contributed by atoms with E-state index in [1.165, 1.54) is 7.11 Å². The van der Waals surface area contributed by atoms with Crippen molar-refractivity contribution >= 4 is 20.3 Å². The summed E-state index contributed by atoms with van der Waals surface area (Å²) in [5, 5.41) is 0. The van der Waals surface area contributed by atoms with Crippen molar-refractivity contribution in [3.63, 3.8) is 0 Å². The van der Waals surface area contributed by atoms with Gasteiger partial charge in [-0.3, -0.25) is 0 Å². The molecule has 0 radical (unpaired) electrons. The average Bonchev–Trinajstić information content (AvgIpc) is 2.13. The van der Waals surface area contributed by atoms with Crippen LogP contribution in [-0.2, 0) is 18.8 Å². The standard InChI is InChI=1S/C9H16O4Si/c1-5-14(3,4)13-9(11)7-6-8(10)12-2/h6-7H,5H2,1-4H3/b7-6+. The van der Waals surface area contributed by atoms with Crippen molar-refractivity contribution in [3.05, 3.63) is 12.2 Å². The van der Waals surface area contributed by atoms with Crippen molar-refractivity contribution in [2.75, 3.05) is 7.11 Å². The molecule has 0 aliphatic heterocycles. The second-order valence-electron chi connectivity index (χ2n) is 3.39. The van der Waals surface area contributed by atoms with Gasteiger partial charge in [-0.1, -0.05) is 6.92 Å². The van der Waals surface area contributed by atoms with E-state index in [-0.39, 0.29) is 0 Å². The topological polar surface area (TPSA) is 52.6 Å². The SMILES string of the molecule is CC[Si](C)(C)OC(=O)/C=C/C(=O)OC. The van der Waals surface area contributed by atoms with Crippen LogP contribution in [-0.4, -0.2) is 27.4 Å². The molecule has 0 fully saturated rings. The van der Waals surface area contributed by atoms with Crippen LogP contribution in [0.5, 0.6) is 0 Å². The molecule has 0 aliphatic rings. The average molecular weight is 216 g/mol. The number of hydrogen-bond donors (Lipinski definition) is 0. The maximum atomic E-state index is 11.2. The minimum absolute atomic E-state index is 0.478. The van der Waals surface area contributed by atoms with Gasteiger partial charge in [0.2, 0.25) is 8.32 Å². The van der Waals surface area contributed by atoms with Crippen molar-refractivity contribution in [2.24, 2.45) is 0 Å². The van der Waals surface area contributed by atoms with Crippen LogP contribution in [0.3, 0.4) is 0 Å². The molecule has 5 heteroatoms. The van der Waals surface area contributed by atoms with E-state index in [0.717, 1.165) is 18.2 Å². The van der Waals surface area contributed by atoms with E-state index >= 15 is 0 Å². The smallest absolute Gasteiger partial charge is 0.330 e. The lowest BCUT2D eigenvalue weighted by atomic mass is 10.5. The molecule has 0 saturated carbocycles. The number of ether oxygens (including phenoxy) is 1. The molecule has 0 amide bonds. The van der Waals surface area contributed by atoms with Gasteiger partial charge < -0.3 is 9.16 Å². The number of esters is 1. The molecule has 0 N–H and O–H groups in total. The zero-order chi connectivity index (χ0) is 11.2. The maximum Gasteiger partial charge on any atom is 0.330 e. The summed E-state index contributed by atoms with van der Waals surface area (Å²) in [5.74, 6) is -1.04. The lowest BCUT2D eigenvalue weighted by molar-refractivity contribution is -0.136. The van der Waals surface area contributed by atoms with Gasteiger partial charge in [-0.05, 0) is 19.1 Å². The van der Waals surface area contributed by atoms with Gasteiger partial charge in [-0.2, -0.15) is 0 Å². The minimum atomic E-state index is -1.88. The summed E-state index contributed by atoms with van der Waals surface area (Å²) in [6, 6.07) is 0.852. The van der Waals surface area contributed by atoms with Gasteiger partial charge in [0.1, 0.15) is 0 Å². The molecule has 0 aromatic rings. The summed E-state index contributed by atoms with van der Waals surface area (Å²) in [5.41, 5.74) is 0. The highest BCUT2D eigenvalue weighted by Gasteiger charge is 2.23. The van der Waals surface area contributed by atoms with Crippen LogP contribution < -0.4 is 0 Å². The van der Waals surface area contributed by atoms with Gasteiger partial charge in [0, 0.05) is 12.2 Å². The fraction of sp³-hybridized carbons (Fsp3) is 0.556. The summed E-state index contributed by atoms with van der Waals surface area (Å²) in [7, 11) is -0.623. The van der Waals surface area contributed by atoms with Crippen molar-refractivity contribution in [3.8, 4) is 0 Å². The third kappa shape index (κ3) is 5.53. The van der Waals surface area contributed by atoms with E-state index in [1.54, 1.807) is 0 Å². The Morgan fingerprint density at radius 2 is 1.71 bits per heavy atom. The largest absolute Gasteiger partial charge is 0.517 e. The van der Waals surface area contributed by atoms with E-state index in [2.05, 4.69) is 4.74 Å². The molecule has 80 valence electrons. The molecule has 0 aliphatic carbocycles. The van der Waals surface area contributed by atoms with Gasteiger partial charge in [0.05, 0.1) is 7.11 Å². The zero-order valence-corrected chi connectivity index (χ0v) is 9.99. The monoisotopic (exact) mass is 216 g/mol. The number of carbonyl (C=O) groups excluding carboxylic acids is 2. The van der Waals surface area contributed by atoms with E-state index in [4.69, 9.17) is 4.43 Å². The first-order chi connectivity index (χ1) is 6.41. The highest BCUT2D eigenvalue weighted by molar-refractivity contribution is 6.72. The first-order valence-electron chi connectivity index (χ1n) is 4.40. The molecule has 0 heterocycles. The Balaban J connectivity index is 4.11. The Kier molecular flexibility index (Phi) is 5.15. The number of rotatable bonds is 4. The first kappa shape index (κ1) is 12.9. The zero-order valence-electron chi connectivity index (χ0n) is 8.99. The van der Waals surface area contributed by atoms with Gasteiger partial charge in [-0.15, -0.1) is 0 Å². The fourth-order valence-electron chi connectivity index (χ4n) is 0.583. The summed E-state index contributed by atoms with van der Waals surface area (Å²) in [4.78, 5) is 21.8. The summed E-state index contributed by atoms with van der Waals surface area (Å²) in [6.45, 7) is 5.86. The molecule has 0 spiro atoms. The quantitative estimate of drug-likeness (QED) is 0.406. The molecular weight excluding hydrogens is 200 g/mol. The normalized spacial score (nSPS) is 11.4. The molecule has 0 unspecified atom stereocenters. The first-order valence-corrected chi connectivity index (χ1v) is 7.52. The van der Waals surface area contributed by atoms with Crippen molar-refractivity contribution in [1.29, 1.82) is 0 Å². The van der Waals surface area contributed by atoms with Gasteiger partial charge in [-0.25, -0.2) is 9.59 Å². The van der Waals surface area contributed by atoms with Crippen molar-refractivity contribution in [1.82, 2.24) is 0 Å². The fourth-order valence-corrected chi connectivity index (χ4v) is 1.34. The van der Waals surface area contributed by atoms with Crippen molar-refractivity contribution in [2.45, 2.75) is 26.1 Å². The molecule has 0 bridgehead atoms. The third-order valence-corrected chi connectivity index (χ3v) is 4.24. The van der Waals surface area contributed by atoms with Crippen molar-refractivity contribution < 1.29 is 18.8 Å². The van der Waals surface area contributed by atoms with Gasteiger partial charge in [0.15, 0.2) is 0 Å². The van der Waals surface area contributed by atoms with E-state index in [1.807, 2.05) is 20.0 Å². The second-order valence-corrected chi connectivity index (χ2v) is 7.82. The van der Waals surface area contributed by atoms with Crippen LogP contribution >= 0.6 is 0 Å². The lowest BCUT2D eigenvalue weighted by Gasteiger charge is -2.19. The highest BCUT2D eigenvalue weighted by Crippen LogP contribution is 2.10. The van der Waals surface area contributed by atoms with Crippen LogP contribution in [0.1, 0.15) is 6.92 Å². The van der Waals surface area contributed by atoms with Crippen LogP contribution in [0.4, 0.5) is 0 Å². The Morgan fingerprint density at radius 3 is 2.14 bits per heavy atom. The van der Waals surface area contributed by atoms with Crippen LogP contribution in [0.15, 0.2) is 12.2 Å². The summed E-state index contributed by atoms with van der Waals surface area (Å²) >= 11 is 0. The van der Waals surface area contributed by atoms with Gasteiger partial charge >= 0.3 is 11.9 Å². The van der Waals surface area contributed by atoms with E-state index < -0.39 is 20.3 Å². The second kappa shape index (κ2) is 5.59. The molecule has 4 nitrogen and oxygen atoms in total. The summed E-state index contributed by atoms with van der Waals surface area (Å²) in [6.07, 6.45) is 2.15. The Morgan fingerprint density at radius 1 is 1.21 bits per heavy atom. The Labute approximate surface area is 85.0 Å². The molecule has 14 heavy (non-hydrogen) atoms. The molecule has 0 aromatic carbocycles. The number of hydrogen-bond acceptors (Lipinski definition) is 4. The summed E-state index contributed by atoms with van der Waals surface area (Å²) < 4.78 is 9.52. The Hall–Kier alpha value is -1.10. The molecule has 0 saturated heterocycles. The predicted molar refractivity (Wildman–Crippen MR) is 55.2 cm³/mol. The molecule has 0 rings (SSSR count). The van der Waals surface area contributed by atoms with Crippen LogP contribution in [0.2, 0.25) is 19.1 Å². The minimum Gasteiger partial charge on any atom is -0.517 e. The number of methoxy groups -OCH3 is 1. The molecule has 0 atom stereocenters. The maximum absolute atomic E-state index is 11.2. The lowest BCUT2D eigenvalue weighted by Crippen LogP contribution is -2.31. The van der Waals surface area contributed by atoms with Crippen LogP contribution in [0.25, 0.3) is 0 Å². The predicted octanol–water partition coefficient (Wildman–Crippen LogP) is 1.48. The molecular formula is C9H16O4Si. The van der Waals surface area contributed by atoms with Gasteiger partial charge in [0.25, 0.3) is 0 Å². The van der Waals surface area contributed by atoms with E-state index in [0.29, 0.717) is 0 Å². The van der Waals surface area contributed by atoms with Crippen LogP contribution in [0, 0.1) is 0 Å². The highest BCUT2D eigenvalue weighted by atomic mass is 28.4. The Bertz CT molecular complexity index is 245.